The van der Waals surface area contributed by atoms with Crippen LogP contribution in [0.25, 0.3) is 0 Å². The van der Waals surface area contributed by atoms with Gasteiger partial charge in [0.15, 0.2) is 0 Å². The summed E-state index contributed by atoms with van der Waals surface area (Å²) in [6, 6.07) is 0.511. The van der Waals surface area contributed by atoms with E-state index < -0.39 is 0 Å². The number of nitrogens with one attached hydrogen (secondary N) is 2. The second-order valence-electron chi connectivity index (χ2n) is 4.31. The highest BCUT2D eigenvalue weighted by Gasteiger charge is 2.14. The minimum Gasteiger partial charge on any atom is -0.355 e. The molecule has 3 nitrogen and oxygen atoms in total. The van der Waals surface area contributed by atoms with Crippen molar-refractivity contribution in [2.75, 3.05) is 24.6 Å². The van der Waals surface area contributed by atoms with Gasteiger partial charge < -0.3 is 10.6 Å². The highest BCUT2D eigenvalue weighted by molar-refractivity contribution is 7.99. The van der Waals surface area contributed by atoms with Crippen molar-refractivity contribution in [3.8, 4) is 0 Å². The van der Waals surface area contributed by atoms with Gasteiger partial charge in [-0.1, -0.05) is 13.3 Å². The monoisotopic (exact) mass is 244 g/mol. The van der Waals surface area contributed by atoms with Crippen molar-refractivity contribution in [2.24, 2.45) is 0 Å². The zero-order valence-electron chi connectivity index (χ0n) is 10.3. The molecule has 16 heavy (non-hydrogen) atoms. The lowest BCUT2D eigenvalue weighted by Crippen LogP contribution is -2.37. The molecule has 1 rings (SSSR count). The molecule has 0 aromatic carbocycles. The summed E-state index contributed by atoms with van der Waals surface area (Å²) in [7, 11) is 0. The lowest BCUT2D eigenvalue weighted by atomic mass is 10.2. The standard InChI is InChI=1S/C12H24N2OS/c1-2-3-8-16-9-6-12(15)14-10-11-5-4-7-13-11/h11,13H,2-10H2,1H3,(H,14,15). The van der Waals surface area contributed by atoms with Gasteiger partial charge in [-0.2, -0.15) is 11.8 Å². The molecule has 2 N–H and O–H groups in total. The van der Waals surface area contributed by atoms with Crippen LogP contribution >= 0.6 is 11.8 Å². The Balaban J connectivity index is 1.90. The zero-order valence-corrected chi connectivity index (χ0v) is 11.1. The van der Waals surface area contributed by atoms with E-state index in [1.807, 2.05) is 11.8 Å². The average Bonchev–Trinajstić information content (AvgIpc) is 2.79. The number of carbonyl (C=O) groups is 1. The Bertz CT molecular complexity index is 193. The summed E-state index contributed by atoms with van der Waals surface area (Å²) in [5.41, 5.74) is 0. The van der Waals surface area contributed by atoms with E-state index >= 15 is 0 Å². The maximum atomic E-state index is 11.5. The van der Waals surface area contributed by atoms with Crippen LogP contribution in [0.4, 0.5) is 0 Å². The number of rotatable bonds is 8. The first-order valence-electron chi connectivity index (χ1n) is 6.40. The molecule has 0 radical (unpaired) electrons. The quantitative estimate of drug-likeness (QED) is 0.640. The Morgan fingerprint density at radius 1 is 1.50 bits per heavy atom. The van der Waals surface area contributed by atoms with Gasteiger partial charge in [0.1, 0.15) is 0 Å². The molecule has 1 atom stereocenters. The van der Waals surface area contributed by atoms with E-state index in [9.17, 15) is 4.79 Å². The van der Waals surface area contributed by atoms with E-state index in [1.165, 1.54) is 31.4 Å². The molecule has 0 saturated carbocycles. The summed E-state index contributed by atoms with van der Waals surface area (Å²) in [4.78, 5) is 11.5. The third-order valence-electron chi connectivity index (χ3n) is 2.82. The Morgan fingerprint density at radius 3 is 3.06 bits per heavy atom. The first-order chi connectivity index (χ1) is 7.83. The van der Waals surface area contributed by atoms with Crippen LogP contribution in [0, 0.1) is 0 Å². The molecule has 1 fully saturated rings. The summed E-state index contributed by atoms with van der Waals surface area (Å²) in [6.45, 7) is 4.10. The van der Waals surface area contributed by atoms with Crippen LogP contribution in [0.15, 0.2) is 0 Å². The molecule has 1 unspecified atom stereocenters. The molecule has 0 aliphatic carbocycles. The molecule has 1 aliphatic heterocycles. The summed E-state index contributed by atoms with van der Waals surface area (Å²) in [5.74, 6) is 2.36. The lowest BCUT2D eigenvalue weighted by molar-refractivity contribution is -0.120. The van der Waals surface area contributed by atoms with Gasteiger partial charge in [-0.05, 0) is 31.6 Å². The van der Waals surface area contributed by atoms with Gasteiger partial charge in [0.25, 0.3) is 0 Å². The Morgan fingerprint density at radius 2 is 2.38 bits per heavy atom. The van der Waals surface area contributed by atoms with Crippen LogP contribution in [0.5, 0.6) is 0 Å². The maximum Gasteiger partial charge on any atom is 0.220 e. The molecule has 0 bridgehead atoms. The smallest absolute Gasteiger partial charge is 0.220 e. The van der Waals surface area contributed by atoms with Crippen molar-refractivity contribution in [3.05, 3.63) is 0 Å². The minimum absolute atomic E-state index is 0.206. The first-order valence-corrected chi connectivity index (χ1v) is 7.56. The van der Waals surface area contributed by atoms with Crippen molar-refractivity contribution < 1.29 is 4.79 Å². The summed E-state index contributed by atoms with van der Waals surface area (Å²) in [5, 5.41) is 6.38. The van der Waals surface area contributed by atoms with Crippen LogP contribution in [0.2, 0.25) is 0 Å². The predicted molar refractivity (Wildman–Crippen MR) is 70.9 cm³/mol. The number of hydrogen-bond donors (Lipinski definition) is 2. The molecule has 0 aromatic rings. The largest absolute Gasteiger partial charge is 0.355 e. The van der Waals surface area contributed by atoms with E-state index in [2.05, 4.69) is 17.6 Å². The summed E-state index contributed by atoms with van der Waals surface area (Å²) < 4.78 is 0. The third kappa shape index (κ3) is 6.38. The van der Waals surface area contributed by atoms with Gasteiger partial charge in [0.05, 0.1) is 0 Å². The molecule has 94 valence electrons. The molecule has 1 saturated heterocycles. The normalized spacial score (nSPS) is 19.9. The van der Waals surface area contributed by atoms with Crippen LogP contribution in [0.3, 0.4) is 0 Å². The molecule has 1 aliphatic rings. The fourth-order valence-corrected chi connectivity index (χ4v) is 2.80. The van der Waals surface area contributed by atoms with Gasteiger partial charge in [0.2, 0.25) is 5.91 Å². The summed E-state index contributed by atoms with van der Waals surface area (Å²) >= 11 is 1.89. The number of amides is 1. The van der Waals surface area contributed by atoms with Crippen LogP contribution in [-0.4, -0.2) is 36.5 Å². The minimum atomic E-state index is 0.206. The zero-order chi connectivity index (χ0) is 11.6. The first kappa shape index (κ1) is 13.8. The average molecular weight is 244 g/mol. The van der Waals surface area contributed by atoms with Gasteiger partial charge in [-0.15, -0.1) is 0 Å². The van der Waals surface area contributed by atoms with Crippen molar-refractivity contribution >= 4 is 17.7 Å². The van der Waals surface area contributed by atoms with Crippen LogP contribution < -0.4 is 10.6 Å². The van der Waals surface area contributed by atoms with E-state index in [1.54, 1.807) is 0 Å². The van der Waals surface area contributed by atoms with Gasteiger partial charge >= 0.3 is 0 Å². The third-order valence-corrected chi connectivity index (χ3v) is 3.89. The fraction of sp³-hybridized carbons (Fsp3) is 0.917. The second-order valence-corrected chi connectivity index (χ2v) is 5.54. The Hall–Kier alpha value is -0.220. The molecular formula is C12H24N2OS. The van der Waals surface area contributed by atoms with E-state index in [4.69, 9.17) is 0 Å². The fourth-order valence-electron chi connectivity index (χ4n) is 1.77. The second kappa shape index (κ2) is 8.88. The molecular weight excluding hydrogens is 220 g/mol. The van der Waals surface area contributed by atoms with Crippen molar-refractivity contribution in [1.29, 1.82) is 0 Å². The van der Waals surface area contributed by atoms with E-state index in [0.29, 0.717) is 12.5 Å². The molecule has 4 heteroatoms. The van der Waals surface area contributed by atoms with E-state index in [0.717, 1.165) is 18.8 Å². The highest BCUT2D eigenvalue weighted by atomic mass is 32.2. The van der Waals surface area contributed by atoms with E-state index in [-0.39, 0.29) is 5.91 Å². The molecule has 1 amide bonds. The van der Waals surface area contributed by atoms with Crippen LogP contribution in [0.1, 0.15) is 39.0 Å². The van der Waals surface area contributed by atoms with Gasteiger partial charge in [0, 0.05) is 24.8 Å². The Kier molecular flexibility index (Phi) is 7.68. The van der Waals surface area contributed by atoms with Crippen LogP contribution in [-0.2, 0) is 4.79 Å². The van der Waals surface area contributed by atoms with Crippen molar-refractivity contribution in [1.82, 2.24) is 10.6 Å². The number of thioether (sulfide) groups is 1. The SMILES string of the molecule is CCCCSCCC(=O)NCC1CCCN1. The highest BCUT2D eigenvalue weighted by Crippen LogP contribution is 2.06. The predicted octanol–water partition coefficient (Wildman–Crippen LogP) is 1.78. The van der Waals surface area contributed by atoms with Gasteiger partial charge in [-0.3, -0.25) is 4.79 Å². The number of hydrogen-bond acceptors (Lipinski definition) is 3. The molecule has 0 spiro atoms. The number of carbonyl (C=O) groups excluding carboxylic acids is 1. The molecule has 0 aromatic heterocycles. The number of unbranched alkanes of at least 4 members (excludes halogenated alkanes) is 1. The molecule has 1 heterocycles. The summed E-state index contributed by atoms with van der Waals surface area (Å²) in [6.07, 6.45) is 5.62. The van der Waals surface area contributed by atoms with Crippen molar-refractivity contribution in [2.45, 2.75) is 45.1 Å². The van der Waals surface area contributed by atoms with Gasteiger partial charge in [-0.25, -0.2) is 0 Å². The Labute approximate surface area is 103 Å². The van der Waals surface area contributed by atoms with Crippen molar-refractivity contribution in [3.63, 3.8) is 0 Å². The lowest BCUT2D eigenvalue weighted by Gasteiger charge is -2.11. The maximum absolute atomic E-state index is 11.5. The topological polar surface area (TPSA) is 41.1 Å².